The predicted octanol–water partition coefficient (Wildman–Crippen LogP) is 2.35. The fourth-order valence-electron chi connectivity index (χ4n) is 2.61. The van der Waals surface area contributed by atoms with E-state index in [-0.39, 0.29) is 11.7 Å². The normalized spacial score (nSPS) is 17.1. The molecule has 23 heavy (non-hydrogen) atoms. The molecule has 0 N–H and O–H groups in total. The van der Waals surface area contributed by atoms with Gasteiger partial charge in [0.25, 0.3) is 0 Å². The molecular formula is C17H24N2O3S. The maximum atomic E-state index is 12.0. The summed E-state index contributed by atoms with van der Waals surface area (Å²) in [5.74, 6) is 0.606. The summed E-state index contributed by atoms with van der Waals surface area (Å²) in [6.07, 6.45) is 3.96. The van der Waals surface area contributed by atoms with Crippen LogP contribution in [-0.4, -0.2) is 45.1 Å². The summed E-state index contributed by atoms with van der Waals surface area (Å²) in [5, 5.41) is 0. The fourth-order valence-corrected chi connectivity index (χ4v) is 4.18. The van der Waals surface area contributed by atoms with Crippen LogP contribution in [0.15, 0.2) is 30.3 Å². The van der Waals surface area contributed by atoms with Crippen molar-refractivity contribution < 1.29 is 13.2 Å². The first-order chi connectivity index (χ1) is 10.8. The van der Waals surface area contributed by atoms with Gasteiger partial charge < -0.3 is 4.90 Å². The van der Waals surface area contributed by atoms with E-state index < -0.39 is 10.0 Å². The molecule has 1 fully saturated rings. The Bertz CT molecular complexity index is 678. The van der Waals surface area contributed by atoms with Crippen LogP contribution in [0.3, 0.4) is 0 Å². The number of nitrogens with zero attached hydrogens (tertiary/aromatic N) is 2. The molecule has 1 aromatic rings. The van der Waals surface area contributed by atoms with Crippen molar-refractivity contribution in [2.45, 2.75) is 20.3 Å². The lowest BCUT2D eigenvalue weighted by Crippen LogP contribution is -2.28. The molecule has 1 aliphatic heterocycles. The number of likely N-dealkylation sites (N-methyl/N-ethyl adjacent to an activating group) is 1. The summed E-state index contributed by atoms with van der Waals surface area (Å²) in [5.41, 5.74) is 1.56. The molecule has 0 radical (unpaired) electrons. The highest BCUT2D eigenvalue weighted by atomic mass is 32.2. The molecular weight excluding hydrogens is 312 g/mol. The first-order valence-corrected chi connectivity index (χ1v) is 9.44. The predicted molar refractivity (Wildman–Crippen MR) is 93.7 cm³/mol. The maximum absolute atomic E-state index is 12.0. The molecule has 0 spiro atoms. The van der Waals surface area contributed by atoms with E-state index in [9.17, 15) is 13.2 Å². The quantitative estimate of drug-likeness (QED) is 0.776. The van der Waals surface area contributed by atoms with Crippen LogP contribution in [0.5, 0.6) is 0 Å². The lowest BCUT2D eigenvalue weighted by Gasteiger charge is -2.17. The second-order valence-electron chi connectivity index (χ2n) is 6.28. The van der Waals surface area contributed by atoms with E-state index in [1.54, 1.807) is 36.2 Å². The minimum absolute atomic E-state index is 0.0371. The van der Waals surface area contributed by atoms with Crippen LogP contribution in [0.2, 0.25) is 0 Å². The van der Waals surface area contributed by atoms with Gasteiger partial charge in [-0.2, -0.15) is 0 Å². The third-order valence-electron chi connectivity index (χ3n) is 3.71. The molecule has 0 saturated carbocycles. The molecule has 1 saturated heterocycles. The van der Waals surface area contributed by atoms with Crippen LogP contribution in [0.25, 0.3) is 6.08 Å². The third-order valence-corrected chi connectivity index (χ3v) is 5.58. The van der Waals surface area contributed by atoms with Crippen molar-refractivity contribution in [1.82, 2.24) is 4.90 Å². The van der Waals surface area contributed by atoms with E-state index in [1.807, 2.05) is 12.1 Å². The summed E-state index contributed by atoms with van der Waals surface area (Å²) < 4.78 is 25.2. The molecule has 5 nitrogen and oxygen atoms in total. The third kappa shape index (κ3) is 4.58. The van der Waals surface area contributed by atoms with Gasteiger partial charge in [0, 0.05) is 26.2 Å². The zero-order chi connectivity index (χ0) is 17.0. The Morgan fingerprint density at radius 3 is 2.48 bits per heavy atom. The largest absolute Gasteiger partial charge is 0.342 e. The van der Waals surface area contributed by atoms with Crippen LogP contribution < -0.4 is 4.31 Å². The van der Waals surface area contributed by atoms with Crippen molar-refractivity contribution >= 4 is 27.7 Å². The number of hydrogen-bond acceptors (Lipinski definition) is 3. The number of anilines is 1. The molecule has 1 amide bonds. The SMILES string of the molecule is CC(C)CN(C)C(=O)/C=C/c1ccc(N2CCCS2(=O)=O)cc1. The van der Waals surface area contributed by atoms with Crippen molar-refractivity contribution in [3.8, 4) is 0 Å². The first-order valence-electron chi connectivity index (χ1n) is 7.83. The van der Waals surface area contributed by atoms with E-state index in [0.717, 1.165) is 12.1 Å². The van der Waals surface area contributed by atoms with Crippen LogP contribution in [0, 0.1) is 5.92 Å². The summed E-state index contributed by atoms with van der Waals surface area (Å²) in [7, 11) is -1.36. The van der Waals surface area contributed by atoms with Gasteiger partial charge in [-0.05, 0) is 36.1 Å². The van der Waals surface area contributed by atoms with Crippen molar-refractivity contribution in [3.05, 3.63) is 35.9 Å². The molecule has 0 atom stereocenters. The number of amides is 1. The number of benzene rings is 1. The lowest BCUT2D eigenvalue weighted by molar-refractivity contribution is -0.125. The van der Waals surface area contributed by atoms with Gasteiger partial charge >= 0.3 is 0 Å². The summed E-state index contributed by atoms with van der Waals surface area (Å²) >= 11 is 0. The molecule has 0 bridgehead atoms. The summed E-state index contributed by atoms with van der Waals surface area (Å²) in [6.45, 7) is 5.39. The molecule has 1 aliphatic rings. The van der Waals surface area contributed by atoms with E-state index in [2.05, 4.69) is 13.8 Å². The number of carbonyl (C=O) groups excluding carboxylic acids is 1. The second kappa shape index (κ2) is 7.17. The fraction of sp³-hybridized carbons (Fsp3) is 0.471. The van der Waals surface area contributed by atoms with Gasteiger partial charge in [0.2, 0.25) is 15.9 Å². The topological polar surface area (TPSA) is 57.7 Å². The standard InChI is InChI=1S/C17H24N2O3S/c1-14(2)13-18(3)17(20)10-7-15-5-8-16(9-6-15)19-11-4-12-23(19,21)22/h5-10,14H,4,11-13H2,1-3H3/b10-7+. The van der Waals surface area contributed by atoms with Gasteiger partial charge in [0.15, 0.2) is 0 Å². The summed E-state index contributed by atoms with van der Waals surface area (Å²) in [4.78, 5) is 13.7. The molecule has 1 aromatic carbocycles. The van der Waals surface area contributed by atoms with Gasteiger partial charge in [0.05, 0.1) is 11.4 Å². The second-order valence-corrected chi connectivity index (χ2v) is 8.29. The Kier molecular flexibility index (Phi) is 5.46. The highest BCUT2D eigenvalue weighted by Gasteiger charge is 2.28. The molecule has 0 aliphatic carbocycles. The Balaban J connectivity index is 2.03. The molecule has 0 unspecified atom stereocenters. The maximum Gasteiger partial charge on any atom is 0.246 e. The molecule has 126 valence electrons. The van der Waals surface area contributed by atoms with Crippen LogP contribution >= 0.6 is 0 Å². The zero-order valence-corrected chi connectivity index (χ0v) is 14.7. The number of rotatable bonds is 5. The van der Waals surface area contributed by atoms with E-state index in [0.29, 0.717) is 24.6 Å². The molecule has 2 rings (SSSR count). The average Bonchev–Trinajstić information content (AvgIpc) is 2.84. The van der Waals surface area contributed by atoms with Crippen molar-refractivity contribution in [1.29, 1.82) is 0 Å². The highest BCUT2D eigenvalue weighted by molar-refractivity contribution is 7.93. The monoisotopic (exact) mass is 336 g/mol. The Morgan fingerprint density at radius 1 is 1.30 bits per heavy atom. The van der Waals surface area contributed by atoms with Gasteiger partial charge in [-0.15, -0.1) is 0 Å². The van der Waals surface area contributed by atoms with Crippen molar-refractivity contribution in [3.63, 3.8) is 0 Å². The van der Waals surface area contributed by atoms with Crippen LogP contribution in [0.4, 0.5) is 5.69 Å². The molecule has 6 heteroatoms. The Labute approximate surface area is 138 Å². The summed E-state index contributed by atoms with van der Waals surface area (Å²) in [6, 6.07) is 7.22. The van der Waals surface area contributed by atoms with Gasteiger partial charge in [-0.25, -0.2) is 8.42 Å². The number of hydrogen-bond donors (Lipinski definition) is 0. The highest BCUT2D eigenvalue weighted by Crippen LogP contribution is 2.24. The van der Waals surface area contributed by atoms with Crippen molar-refractivity contribution in [2.24, 2.45) is 5.92 Å². The van der Waals surface area contributed by atoms with Crippen LogP contribution in [-0.2, 0) is 14.8 Å². The minimum Gasteiger partial charge on any atom is -0.342 e. The van der Waals surface area contributed by atoms with Crippen molar-refractivity contribution in [2.75, 3.05) is 30.2 Å². The zero-order valence-electron chi connectivity index (χ0n) is 13.9. The Morgan fingerprint density at radius 2 is 1.96 bits per heavy atom. The van der Waals surface area contributed by atoms with Gasteiger partial charge in [-0.3, -0.25) is 9.10 Å². The molecule has 1 heterocycles. The smallest absolute Gasteiger partial charge is 0.246 e. The number of carbonyl (C=O) groups is 1. The first kappa shape index (κ1) is 17.5. The average molecular weight is 336 g/mol. The van der Waals surface area contributed by atoms with E-state index in [4.69, 9.17) is 0 Å². The lowest BCUT2D eigenvalue weighted by atomic mass is 10.2. The molecule has 0 aromatic heterocycles. The number of sulfonamides is 1. The van der Waals surface area contributed by atoms with Crippen LogP contribution in [0.1, 0.15) is 25.8 Å². The van der Waals surface area contributed by atoms with Gasteiger partial charge in [0.1, 0.15) is 0 Å². The van der Waals surface area contributed by atoms with E-state index in [1.165, 1.54) is 4.31 Å². The van der Waals surface area contributed by atoms with Gasteiger partial charge in [-0.1, -0.05) is 26.0 Å². The van der Waals surface area contributed by atoms with E-state index >= 15 is 0 Å². The Hall–Kier alpha value is -1.82. The minimum atomic E-state index is -3.15.